The maximum atomic E-state index is 6.18. The molecule has 0 aromatic heterocycles. The Morgan fingerprint density at radius 2 is 1.57 bits per heavy atom. The number of hydrogen-bond acceptors (Lipinski definition) is 3. The summed E-state index contributed by atoms with van der Waals surface area (Å²) in [6.07, 6.45) is 0. The van der Waals surface area contributed by atoms with Crippen molar-refractivity contribution in [3.05, 3.63) is 85.8 Å². The van der Waals surface area contributed by atoms with Crippen LogP contribution in [0.25, 0.3) is 0 Å². The van der Waals surface area contributed by atoms with E-state index in [0.717, 1.165) is 22.6 Å². The Morgan fingerprint density at radius 3 is 2.29 bits per heavy atom. The summed E-state index contributed by atoms with van der Waals surface area (Å²) in [6.45, 7) is 0.875. The monoisotopic (exact) mass is 455 g/mol. The van der Waals surface area contributed by atoms with Gasteiger partial charge in [0.05, 0.1) is 22.2 Å². The standard InChI is InChI=1S/C21H17Cl4NO2/c1-27-21-7-4-16(10-19(21)25)26-11-14-9-15(22)3-6-20(14)28-12-13-2-5-17(23)18(24)8-13/h2-10,26H,11-12H2,1H3. The fourth-order valence-corrected chi connectivity index (χ4v) is 3.36. The van der Waals surface area contributed by atoms with Crippen LogP contribution < -0.4 is 14.8 Å². The van der Waals surface area contributed by atoms with Crippen LogP contribution in [0.3, 0.4) is 0 Å². The first-order valence-electron chi connectivity index (χ1n) is 8.39. The van der Waals surface area contributed by atoms with Crippen molar-refractivity contribution in [3.63, 3.8) is 0 Å². The van der Waals surface area contributed by atoms with E-state index in [2.05, 4.69) is 5.32 Å². The van der Waals surface area contributed by atoms with E-state index >= 15 is 0 Å². The van der Waals surface area contributed by atoms with E-state index < -0.39 is 0 Å². The van der Waals surface area contributed by atoms with Gasteiger partial charge in [-0.3, -0.25) is 0 Å². The van der Waals surface area contributed by atoms with Crippen molar-refractivity contribution in [2.45, 2.75) is 13.2 Å². The van der Waals surface area contributed by atoms with Gasteiger partial charge in [-0.15, -0.1) is 0 Å². The summed E-state index contributed by atoms with van der Waals surface area (Å²) in [5, 5.41) is 5.50. The molecule has 3 nitrogen and oxygen atoms in total. The molecule has 1 N–H and O–H groups in total. The number of benzene rings is 3. The molecule has 3 aromatic carbocycles. The molecule has 3 aromatic rings. The van der Waals surface area contributed by atoms with Crippen molar-refractivity contribution in [2.24, 2.45) is 0 Å². The van der Waals surface area contributed by atoms with Crippen molar-refractivity contribution >= 4 is 52.1 Å². The third-order valence-corrected chi connectivity index (χ3v) is 5.31. The van der Waals surface area contributed by atoms with Gasteiger partial charge in [-0.05, 0) is 54.1 Å². The summed E-state index contributed by atoms with van der Waals surface area (Å²) in [5.41, 5.74) is 2.70. The predicted octanol–water partition coefficient (Wildman–Crippen LogP) is 7.50. The van der Waals surface area contributed by atoms with E-state index in [1.807, 2.05) is 30.3 Å². The van der Waals surface area contributed by atoms with Gasteiger partial charge < -0.3 is 14.8 Å². The molecule has 0 amide bonds. The number of ether oxygens (including phenoxy) is 2. The molecule has 28 heavy (non-hydrogen) atoms. The zero-order valence-electron chi connectivity index (χ0n) is 14.9. The molecule has 0 bridgehead atoms. The fourth-order valence-electron chi connectivity index (χ4n) is 2.59. The quantitative estimate of drug-likeness (QED) is 0.399. The van der Waals surface area contributed by atoms with E-state index in [9.17, 15) is 0 Å². The van der Waals surface area contributed by atoms with Crippen LogP contribution in [-0.4, -0.2) is 7.11 Å². The van der Waals surface area contributed by atoms with Crippen LogP contribution in [0, 0.1) is 0 Å². The highest BCUT2D eigenvalue weighted by Gasteiger charge is 2.08. The Bertz CT molecular complexity index is 979. The molecule has 0 heterocycles. The zero-order valence-corrected chi connectivity index (χ0v) is 18.0. The molecule has 0 atom stereocenters. The van der Waals surface area contributed by atoms with Gasteiger partial charge in [-0.2, -0.15) is 0 Å². The van der Waals surface area contributed by atoms with Gasteiger partial charge in [0, 0.05) is 22.8 Å². The van der Waals surface area contributed by atoms with E-state index in [-0.39, 0.29) is 0 Å². The van der Waals surface area contributed by atoms with Crippen molar-refractivity contribution in [1.29, 1.82) is 0 Å². The van der Waals surface area contributed by atoms with E-state index in [1.165, 1.54) is 0 Å². The Balaban J connectivity index is 1.71. The number of rotatable bonds is 7. The number of methoxy groups -OCH3 is 1. The van der Waals surface area contributed by atoms with E-state index in [1.54, 1.807) is 31.4 Å². The average Bonchev–Trinajstić information content (AvgIpc) is 2.68. The SMILES string of the molecule is COc1ccc(NCc2cc(Cl)ccc2OCc2ccc(Cl)c(Cl)c2)cc1Cl. The number of hydrogen-bond donors (Lipinski definition) is 1. The molecule has 0 aliphatic carbocycles. The molecule has 0 spiro atoms. The second-order valence-electron chi connectivity index (χ2n) is 5.99. The highest BCUT2D eigenvalue weighted by atomic mass is 35.5. The molecule has 7 heteroatoms. The predicted molar refractivity (Wildman–Crippen MR) is 118 cm³/mol. The molecule has 0 saturated heterocycles. The number of halogens is 4. The van der Waals surface area contributed by atoms with Gasteiger partial charge >= 0.3 is 0 Å². The second kappa shape index (κ2) is 9.62. The Labute approximate surface area is 184 Å². The molecule has 0 aliphatic heterocycles. The fraction of sp³-hybridized carbons (Fsp3) is 0.143. The lowest BCUT2D eigenvalue weighted by Crippen LogP contribution is -2.04. The Morgan fingerprint density at radius 1 is 0.786 bits per heavy atom. The third-order valence-electron chi connectivity index (χ3n) is 4.04. The minimum absolute atomic E-state index is 0.361. The highest BCUT2D eigenvalue weighted by Crippen LogP contribution is 2.29. The first kappa shape index (κ1) is 20.9. The maximum absolute atomic E-state index is 6.18. The minimum atomic E-state index is 0.361. The lowest BCUT2D eigenvalue weighted by molar-refractivity contribution is 0.303. The van der Waals surface area contributed by atoms with Crippen LogP contribution in [0.5, 0.6) is 11.5 Å². The van der Waals surface area contributed by atoms with Gasteiger partial charge in [0.15, 0.2) is 0 Å². The van der Waals surface area contributed by atoms with Crippen molar-refractivity contribution in [1.82, 2.24) is 0 Å². The van der Waals surface area contributed by atoms with E-state index in [0.29, 0.717) is 39.0 Å². The lowest BCUT2D eigenvalue weighted by atomic mass is 10.2. The normalized spacial score (nSPS) is 10.6. The number of nitrogens with one attached hydrogen (secondary N) is 1. The summed E-state index contributed by atoms with van der Waals surface area (Å²) in [5.74, 6) is 1.35. The molecular weight excluding hydrogens is 440 g/mol. The van der Waals surface area contributed by atoms with E-state index in [4.69, 9.17) is 55.9 Å². The first-order valence-corrected chi connectivity index (χ1v) is 9.90. The molecule has 146 valence electrons. The molecule has 0 saturated carbocycles. The van der Waals surface area contributed by atoms with Crippen molar-refractivity contribution < 1.29 is 9.47 Å². The largest absolute Gasteiger partial charge is 0.495 e. The van der Waals surface area contributed by atoms with Crippen LogP contribution in [0.2, 0.25) is 20.1 Å². The molecule has 0 fully saturated rings. The Hall–Kier alpha value is -1.78. The van der Waals surface area contributed by atoms with Gasteiger partial charge in [-0.25, -0.2) is 0 Å². The summed E-state index contributed by atoms with van der Waals surface area (Å²) >= 11 is 24.4. The van der Waals surface area contributed by atoms with Gasteiger partial charge in [0.1, 0.15) is 18.1 Å². The smallest absolute Gasteiger partial charge is 0.137 e. The van der Waals surface area contributed by atoms with Gasteiger partial charge in [0.25, 0.3) is 0 Å². The third kappa shape index (κ3) is 5.39. The average molecular weight is 457 g/mol. The second-order valence-corrected chi connectivity index (χ2v) is 7.65. The van der Waals surface area contributed by atoms with Crippen LogP contribution in [0.15, 0.2) is 54.6 Å². The van der Waals surface area contributed by atoms with Crippen molar-refractivity contribution in [3.8, 4) is 11.5 Å². The molecule has 0 aliphatic rings. The highest BCUT2D eigenvalue weighted by molar-refractivity contribution is 6.42. The summed E-state index contributed by atoms with van der Waals surface area (Å²) in [7, 11) is 1.58. The van der Waals surface area contributed by atoms with Crippen molar-refractivity contribution in [2.75, 3.05) is 12.4 Å². The molecule has 0 radical (unpaired) electrons. The minimum Gasteiger partial charge on any atom is -0.495 e. The number of anilines is 1. The topological polar surface area (TPSA) is 30.5 Å². The van der Waals surface area contributed by atoms with Gasteiger partial charge in [-0.1, -0.05) is 52.5 Å². The van der Waals surface area contributed by atoms with Crippen LogP contribution in [0.1, 0.15) is 11.1 Å². The summed E-state index contributed by atoms with van der Waals surface area (Å²) in [6, 6.07) is 16.4. The Kier molecular flexibility index (Phi) is 7.19. The summed E-state index contributed by atoms with van der Waals surface area (Å²) in [4.78, 5) is 0. The summed E-state index contributed by atoms with van der Waals surface area (Å²) < 4.78 is 11.1. The molecule has 3 rings (SSSR count). The zero-order chi connectivity index (χ0) is 20.1. The van der Waals surface area contributed by atoms with Crippen LogP contribution in [0.4, 0.5) is 5.69 Å². The van der Waals surface area contributed by atoms with Gasteiger partial charge in [0.2, 0.25) is 0 Å². The maximum Gasteiger partial charge on any atom is 0.137 e. The van der Waals surface area contributed by atoms with Crippen LogP contribution in [-0.2, 0) is 13.2 Å². The lowest BCUT2D eigenvalue weighted by Gasteiger charge is -2.14. The van der Waals surface area contributed by atoms with Crippen LogP contribution >= 0.6 is 46.4 Å². The molecule has 0 unspecified atom stereocenters. The molecular formula is C21H17Cl4NO2. The first-order chi connectivity index (χ1) is 13.5.